The van der Waals surface area contributed by atoms with Crippen LogP contribution in [0.1, 0.15) is 46.0 Å². The van der Waals surface area contributed by atoms with Gasteiger partial charge in [-0.1, -0.05) is 19.8 Å². The Balaban J connectivity index is 3.50. The van der Waals surface area contributed by atoms with Crippen molar-refractivity contribution in [2.75, 3.05) is 13.1 Å². The molecule has 0 bridgehead atoms. The molecule has 100 valence electrons. The van der Waals surface area contributed by atoms with E-state index in [0.717, 1.165) is 19.3 Å². The van der Waals surface area contributed by atoms with E-state index >= 15 is 0 Å². The zero-order valence-electron chi connectivity index (χ0n) is 10.8. The fraction of sp³-hybridized carbons (Fsp3) is 0.833. The van der Waals surface area contributed by atoms with E-state index in [-0.39, 0.29) is 18.4 Å². The Kier molecular flexibility index (Phi) is 9.43. The first-order chi connectivity index (χ1) is 8.07. The molecule has 0 saturated heterocycles. The maximum atomic E-state index is 11.5. The molecule has 0 aromatic rings. The Morgan fingerprint density at radius 2 is 1.88 bits per heavy atom. The molecule has 0 aliphatic heterocycles. The average molecular weight is 244 g/mol. The number of amides is 1. The van der Waals surface area contributed by atoms with E-state index in [2.05, 4.69) is 17.6 Å². The van der Waals surface area contributed by atoms with Gasteiger partial charge in [-0.05, 0) is 26.3 Å². The molecule has 0 aliphatic carbocycles. The van der Waals surface area contributed by atoms with E-state index in [0.29, 0.717) is 19.5 Å². The highest BCUT2D eigenvalue weighted by Gasteiger charge is 2.10. The van der Waals surface area contributed by atoms with Gasteiger partial charge in [0.1, 0.15) is 0 Å². The zero-order valence-corrected chi connectivity index (χ0v) is 10.8. The monoisotopic (exact) mass is 244 g/mol. The lowest BCUT2D eigenvalue weighted by atomic mass is 10.2. The Bertz CT molecular complexity index is 232. The number of nitrogens with one attached hydrogen (secondary N) is 2. The van der Waals surface area contributed by atoms with Gasteiger partial charge in [-0.2, -0.15) is 0 Å². The predicted molar refractivity (Wildman–Crippen MR) is 66.9 cm³/mol. The molecular formula is C12H24N2O3. The summed E-state index contributed by atoms with van der Waals surface area (Å²) in [5.74, 6) is -0.820. The molecule has 1 amide bonds. The van der Waals surface area contributed by atoms with Crippen molar-refractivity contribution in [3.8, 4) is 0 Å². The molecule has 1 unspecified atom stereocenters. The summed E-state index contributed by atoms with van der Waals surface area (Å²) in [5, 5.41) is 14.3. The topological polar surface area (TPSA) is 78.4 Å². The second-order valence-electron chi connectivity index (χ2n) is 4.17. The van der Waals surface area contributed by atoms with Crippen molar-refractivity contribution in [3.63, 3.8) is 0 Å². The number of carboxylic acids is 1. The Morgan fingerprint density at radius 3 is 2.47 bits per heavy atom. The molecule has 0 aromatic carbocycles. The molecule has 0 aromatic heterocycles. The van der Waals surface area contributed by atoms with Crippen molar-refractivity contribution >= 4 is 11.9 Å². The minimum Gasteiger partial charge on any atom is -0.481 e. The first-order valence-corrected chi connectivity index (χ1v) is 6.30. The minimum absolute atomic E-state index is 0.0172. The molecule has 3 N–H and O–H groups in total. The van der Waals surface area contributed by atoms with Crippen LogP contribution in [-0.4, -0.2) is 36.1 Å². The van der Waals surface area contributed by atoms with Gasteiger partial charge in [0.05, 0.1) is 6.04 Å². The summed E-state index contributed by atoms with van der Waals surface area (Å²) in [7, 11) is 0. The second-order valence-corrected chi connectivity index (χ2v) is 4.17. The average Bonchev–Trinajstić information content (AvgIpc) is 2.29. The summed E-state index contributed by atoms with van der Waals surface area (Å²) in [4.78, 5) is 21.8. The lowest BCUT2D eigenvalue weighted by molar-refractivity contribution is -0.137. The van der Waals surface area contributed by atoms with Gasteiger partial charge in [0.2, 0.25) is 5.91 Å². The number of rotatable bonds is 10. The van der Waals surface area contributed by atoms with Crippen LogP contribution in [0.3, 0.4) is 0 Å². The molecule has 0 spiro atoms. The fourth-order valence-corrected chi connectivity index (χ4v) is 1.39. The van der Waals surface area contributed by atoms with Crippen molar-refractivity contribution in [3.05, 3.63) is 0 Å². The number of hydrogen-bond acceptors (Lipinski definition) is 3. The van der Waals surface area contributed by atoms with Gasteiger partial charge in [0.25, 0.3) is 0 Å². The maximum Gasteiger partial charge on any atom is 0.303 e. The van der Waals surface area contributed by atoms with Crippen molar-refractivity contribution < 1.29 is 14.7 Å². The molecular weight excluding hydrogens is 220 g/mol. The zero-order chi connectivity index (χ0) is 13.1. The number of aliphatic carboxylic acids is 1. The van der Waals surface area contributed by atoms with Crippen molar-refractivity contribution in [2.45, 2.75) is 52.0 Å². The third kappa shape index (κ3) is 9.81. The van der Waals surface area contributed by atoms with Crippen LogP contribution in [0.5, 0.6) is 0 Å². The Labute approximate surface area is 103 Å². The highest BCUT2D eigenvalue weighted by atomic mass is 16.4. The first-order valence-electron chi connectivity index (χ1n) is 6.30. The van der Waals surface area contributed by atoms with Crippen LogP contribution in [0.15, 0.2) is 0 Å². The molecule has 0 radical (unpaired) electrons. The lowest BCUT2D eigenvalue weighted by Gasteiger charge is -2.13. The summed E-state index contributed by atoms with van der Waals surface area (Å²) in [5.41, 5.74) is 0. The summed E-state index contributed by atoms with van der Waals surface area (Å²) in [6, 6.07) is -0.259. The Morgan fingerprint density at radius 1 is 1.18 bits per heavy atom. The quantitative estimate of drug-likeness (QED) is 0.503. The van der Waals surface area contributed by atoms with Gasteiger partial charge in [-0.15, -0.1) is 0 Å². The highest BCUT2D eigenvalue weighted by molar-refractivity contribution is 5.81. The predicted octanol–water partition coefficient (Wildman–Crippen LogP) is 1.14. The van der Waals surface area contributed by atoms with Crippen LogP contribution in [-0.2, 0) is 9.59 Å². The third-order valence-corrected chi connectivity index (χ3v) is 2.49. The largest absolute Gasteiger partial charge is 0.481 e. The summed E-state index contributed by atoms with van der Waals surface area (Å²) >= 11 is 0. The fourth-order valence-electron chi connectivity index (χ4n) is 1.39. The lowest BCUT2D eigenvalue weighted by Crippen LogP contribution is -2.42. The molecule has 5 nitrogen and oxygen atoms in total. The standard InChI is InChI=1S/C12H24N2O3/c1-3-4-5-8-14-12(17)10(2)13-9-6-7-11(15)16/h10,13H,3-9H2,1-2H3,(H,14,17)(H,15,16). The van der Waals surface area contributed by atoms with E-state index in [9.17, 15) is 9.59 Å². The Hall–Kier alpha value is -1.10. The molecule has 17 heavy (non-hydrogen) atoms. The van der Waals surface area contributed by atoms with Gasteiger partial charge >= 0.3 is 5.97 Å². The highest BCUT2D eigenvalue weighted by Crippen LogP contribution is 1.92. The minimum atomic E-state index is -0.802. The van der Waals surface area contributed by atoms with E-state index in [1.165, 1.54) is 0 Å². The van der Waals surface area contributed by atoms with Crippen LogP contribution in [0.2, 0.25) is 0 Å². The van der Waals surface area contributed by atoms with E-state index in [1.54, 1.807) is 6.92 Å². The summed E-state index contributed by atoms with van der Waals surface area (Å²) in [6.45, 7) is 5.17. The van der Waals surface area contributed by atoms with Gasteiger partial charge < -0.3 is 15.7 Å². The second kappa shape index (κ2) is 10.1. The van der Waals surface area contributed by atoms with Crippen LogP contribution < -0.4 is 10.6 Å². The third-order valence-electron chi connectivity index (χ3n) is 2.49. The van der Waals surface area contributed by atoms with E-state index in [1.807, 2.05) is 0 Å². The molecule has 5 heteroatoms. The number of carbonyl (C=O) groups is 2. The van der Waals surface area contributed by atoms with Gasteiger partial charge in [-0.3, -0.25) is 9.59 Å². The SMILES string of the molecule is CCCCCNC(=O)C(C)NCCCC(=O)O. The molecule has 0 rings (SSSR count). The molecule has 0 saturated carbocycles. The maximum absolute atomic E-state index is 11.5. The van der Waals surface area contributed by atoms with Crippen LogP contribution in [0.25, 0.3) is 0 Å². The summed E-state index contributed by atoms with van der Waals surface area (Å²) in [6.07, 6.45) is 3.95. The molecule has 0 fully saturated rings. The van der Waals surface area contributed by atoms with E-state index in [4.69, 9.17) is 5.11 Å². The smallest absolute Gasteiger partial charge is 0.303 e. The van der Waals surface area contributed by atoms with Gasteiger partial charge in [-0.25, -0.2) is 0 Å². The first kappa shape index (κ1) is 15.9. The van der Waals surface area contributed by atoms with Crippen LogP contribution in [0, 0.1) is 0 Å². The number of unbranched alkanes of at least 4 members (excludes halogenated alkanes) is 2. The number of hydrogen-bond donors (Lipinski definition) is 3. The van der Waals surface area contributed by atoms with Crippen molar-refractivity contribution in [1.82, 2.24) is 10.6 Å². The van der Waals surface area contributed by atoms with Gasteiger partial charge in [0.15, 0.2) is 0 Å². The molecule has 0 aliphatic rings. The van der Waals surface area contributed by atoms with Crippen LogP contribution in [0.4, 0.5) is 0 Å². The molecule has 1 atom stereocenters. The molecule has 0 heterocycles. The van der Waals surface area contributed by atoms with Gasteiger partial charge in [0, 0.05) is 13.0 Å². The summed E-state index contributed by atoms with van der Waals surface area (Å²) < 4.78 is 0. The van der Waals surface area contributed by atoms with Crippen molar-refractivity contribution in [2.24, 2.45) is 0 Å². The van der Waals surface area contributed by atoms with Crippen LogP contribution >= 0.6 is 0 Å². The van der Waals surface area contributed by atoms with Crippen molar-refractivity contribution in [1.29, 1.82) is 0 Å². The normalized spacial score (nSPS) is 12.1. The number of carbonyl (C=O) groups excluding carboxylic acids is 1. The van der Waals surface area contributed by atoms with E-state index < -0.39 is 5.97 Å². The number of carboxylic acid groups (broad SMARTS) is 1.